The first-order valence-corrected chi connectivity index (χ1v) is 9.06. The number of carboxylic acids is 1. The van der Waals surface area contributed by atoms with Gasteiger partial charge in [0.1, 0.15) is 0 Å². The number of anilines is 1. The third kappa shape index (κ3) is 3.59. The van der Waals surface area contributed by atoms with E-state index < -0.39 is 16.0 Å². The molecule has 0 unspecified atom stereocenters. The summed E-state index contributed by atoms with van der Waals surface area (Å²) in [5, 5.41) is 11.1. The standard InChI is InChI=1S/C18H21NO4S/c1-11(2)15-7-5-6-8-16(15)19-24(22,23)17-10-14(18(20)21)9-12(3)13(17)4/h5-11,19H,1-4H3,(H,20,21)/p-1. The second kappa shape index (κ2) is 6.65. The number of carboxylic acid groups (broad SMARTS) is 1. The maximum Gasteiger partial charge on any atom is 0.262 e. The second-order valence-electron chi connectivity index (χ2n) is 6.05. The van der Waals surface area contributed by atoms with Crippen molar-refractivity contribution in [3.05, 3.63) is 58.7 Å². The molecule has 1 N–H and O–H groups in total. The lowest BCUT2D eigenvalue weighted by Crippen LogP contribution is -2.24. The van der Waals surface area contributed by atoms with Crippen molar-refractivity contribution in [3.8, 4) is 0 Å². The van der Waals surface area contributed by atoms with Gasteiger partial charge in [-0.05, 0) is 60.2 Å². The van der Waals surface area contributed by atoms with E-state index in [1.807, 2.05) is 26.0 Å². The first-order chi connectivity index (χ1) is 11.1. The topological polar surface area (TPSA) is 86.3 Å². The molecule has 0 aliphatic rings. The maximum atomic E-state index is 12.8. The van der Waals surface area contributed by atoms with Crippen LogP contribution < -0.4 is 9.83 Å². The number of para-hydroxylation sites is 1. The van der Waals surface area contributed by atoms with Crippen molar-refractivity contribution in [1.82, 2.24) is 0 Å². The summed E-state index contributed by atoms with van der Waals surface area (Å²) in [5.74, 6) is -1.27. The molecule has 6 heteroatoms. The average Bonchev–Trinajstić information content (AvgIpc) is 2.49. The Morgan fingerprint density at radius 3 is 2.33 bits per heavy atom. The van der Waals surface area contributed by atoms with Crippen molar-refractivity contribution in [3.63, 3.8) is 0 Å². The monoisotopic (exact) mass is 346 g/mol. The van der Waals surface area contributed by atoms with Gasteiger partial charge in [0.05, 0.1) is 16.6 Å². The Morgan fingerprint density at radius 1 is 1.12 bits per heavy atom. The second-order valence-corrected chi connectivity index (χ2v) is 7.70. The molecule has 0 bridgehead atoms. The zero-order chi connectivity index (χ0) is 18.1. The summed E-state index contributed by atoms with van der Waals surface area (Å²) in [4.78, 5) is 11.1. The third-order valence-corrected chi connectivity index (χ3v) is 5.46. The molecule has 128 valence electrons. The van der Waals surface area contributed by atoms with E-state index in [0.29, 0.717) is 16.8 Å². The van der Waals surface area contributed by atoms with Gasteiger partial charge in [0.15, 0.2) is 0 Å². The molecule has 5 nitrogen and oxygen atoms in total. The molecule has 2 aromatic rings. The minimum absolute atomic E-state index is 0.0553. The number of nitrogens with one attached hydrogen (secondary N) is 1. The number of hydrogen-bond acceptors (Lipinski definition) is 4. The van der Waals surface area contributed by atoms with Gasteiger partial charge < -0.3 is 9.90 Å². The predicted molar refractivity (Wildman–Crippen MR) is 91.6 cm³/mol. The molecule has 0 aromatic heterocycles. The summed E-state index contributed by atoms with van der Waals surface area (Å²) in [6.45, 7) is 7.26. The van der Waals surface area contributed by atoms with Crippen LogP contribution in [0.2, 0.25) is 0 Å². The Bertz CT molecular complexity index is 886. The summed E-state index contributed by atoms with van der Waals surface area (Å²) in [5.41, 5.74) is 2.29. The molecule has 0 fully saturated rings. The Hall–Kier alpha value is -2.34. The normalized spacial score (nSPS) is 11.5. The van der Waals surface area contributed by atoms with Gasteiger partial charge in [0, 0.05) is 0 Å². The number of sulfonamides is 1. The maximum absolute atomic E-state index is 12.8. The molecule has 2 aromatic carbocycles. The molecule has 0 saturated heterocycles. The molecule has 0 aliphatic heterocycles. The van der Waals surface area contributed by atoms with Crippen LogP contribution in [0.5, 0.6) is 0 Å². The Labute approximate surface area is 142 Å². The lowest BCUT2D eigenvalue weighted by Gasteiger charge is -2.17. The van der Waals surface area contributed by atoms with Gasteiger partial charge >= 0.3 is 0 Å². The van der Waals surface area contributed by atoms with Crippen LogP contribution in [-0.4, -0.2) is 14.4 Å². The molecular formula is C18H20NO4S-. The van der Waals surface area contributed by atoms with Gasteiger partial charge in [-0.3, -0.25) is 4.72 Å². The highest BCUT2D eigenvalue weighted by Gasteiger charge is 2.21. The van der Waals surface area contributed by atoms with Crippen LogP contribution in [0.3, 0.4) is 0 Å². The van der Waals surface area contributed by atoms with Crippen LogP contribution >= 0.6 is 0 Å². The molecule has 0 atom stereocenters. The van der Waals surface area contributed by atoms with Crippen LogP contribution in [0.25, 0.3) is 0 Å². The number of aromatic carboxylic acids is 1. The Kier molecular flexibility index (Phi) is 4.99. The van der Waals surface area contributed by atoms with Crippen LogP contribution in [0.1, 0.15) is 46.8 Å². The lowest BCUT2D eigenvalue weighted by molar-refractivity contribution is -0.255. The Morgan fingerprint density at radius 2 is 1.75 bits per heavy atom. The number of hydrogen-bond donors (Lipinski definition) is 1. The molecule has 0 spiro atoms. The minimum Gasteiger partial charge on any atom is -0.545 e. The van der Waals surface area contributed by atoms with Gasteiger partial charge in [-0.15, -0.1) is 0 Å². The van der Waals surface area contributed by atoms with Crippen molar-refractivity contribution >= 4 is 21.7 Å². The number of aryl methyl sites for hydroxylation is 1. The molecule has 0 heterocycles. The molecule has 0 radical (unpaired) electrons. The average molecular weight is 346 g/mol. The first kappa shape index (κ1) is 18.0. The van der Waals surface area contributed by atoms with Crippen LogP contribution in [-0.2, 0) is 10.0 Å². The summed E-state index contributed by atoms with van der Waals surface area (Å²) >= 11 is 0. The van der Waals surface area contributed by atoms with E-state index in [9.17, 15) is 18.3 Å². The van der Waals surface area contributed by atoms with E-state index in [2.05, 4.69) is 4.72 Å². The van der Waals surface area contributed by atoms with Crippen molar-refractivity contribution in [2.45, 2.75) is 38.5 Å². The highest BCUT2D eigenvalue weighted by Crippen LogP contribution is 2.28. The fraction of sp³-hybridized carbons (Fsp3) is 0.278. The molecular weight excluding hydrogens is 326 g/mol. The third-order valence-electron chi connectivity index (χ3n) is 3.97. The van der Waals surface area contributed by atoms with Gasteiger partial charge in [0.2, 0.25) is 0 Å². The summed E-state index contributed by atoms with van der Waals surface area (Å²) in [7, 11) is -3.92. The highest BCUT2D eigenvalue weighted by atomic mass is 32.2. The van der Waals surface area contributed by atoms with Crippen LogP contribution in [0, 0.1) is 13.8 Å². The van der Waals surface area contributed by atoms with Crippen molar-refractivity contribution in [2.24, 2.45) is 0 Å². The minimum atomic E-state index is -3.92. The number of benzene rings is 2. The smallest absolute Gasteiger partial charge is 0.262 e. The lowest BCUT2D eigenvalue weighted by atomic mass is 10.0. The number of carbonyl (C=O) groups excluding carboxylic acids is 1. The highest BCUT2D eigenvalue weighted by molar-refractivity contribution is 7.92. The number of rotatable bonds is 5. The SMILES string of the molecule is Cc1cc(C(=O)[O-])cc(S(=O)(=O)Nc2ccccc2C(C)C)c1C. The van der Waals surface area contributed by atoms with Crippen molar-refractivity contribution in [2.75, 3.05) is 4.72 Å². The summed E-state index contributed by atoms with van der Waals surface area (Å²) in [6.07, 6.45) is 0. The zero-order valence-corrected chi connectivity index (χ0v) is 14.9. The van der Waals surface area contributed by atoms with Crippen LogP contribution in [0.4, 0.5) is 5.69 Å². The van der Waals surface area contributed by atoms with Crippen molar-refractivity contribution in [1.29, 1.82) is 0 Å². The summed E-state index contributed by atoms with van der Waals surface area (Å²) in [6, 6.07) is 9.69. The van der Waals surface area contributed by atoms with E-state index in [0.717, 1.165) is 11.6 Å². The quantitative estimate of drug-likeness (QED) is 0.901. The van der Waals surface area contributed by atoms with Crippen molar-refractivity contribution < 1.29 is 18.3 Å². The van der Waals surface area contributed by atoms with Gasteiger partial charge in [0.25, 0.3) is 10.0 Å². The molecule has 2 rings (SSSR count). The molecule has 0 saturated carbocycles. The summed E-state index contributed by atoms with van der Waals surface area (Å²) < 4.78 is 28.2. The Balaban J connectivity index is 2.55. The van der Waals surface area contributed by atoms with Gasteiger partial charge in [-0.2, -0.15) is 0 Å². The predicted octanol–water partition coefficient (Wildman–Crippen LogP) is 2.59. The molecule has 24 heavy (non-hydrogen) atoms. The van der Waals surface area contributed by atoms with Gasteiger partial charge in [-0.25, -0.2) is 8.42 Å². The zero-order valence-electron chi connectivity index (χ0n) is 14.1. The number of carbonyl (C=O) groups is 1. The van der Waals surface area contributed by atoms with E-state index in [-0.39, 0.29) is 16.4 Å². The fourth-order valence-corrected chi connectivity index (χ4v) is 3.95. The largest absolute Gasteiger partial charge is 0.545 e. The van der Waals surface area contributed by atoms with Gasteiger partial charge in [-0.1, -0.05) is 32.0 Å². The molecule has 0 amide bonds. The fourth-order valence-electron chi connectivity index (χ4n) is 2.52. The van der Waals surface area contributed by atoms with E-state index in [1.54, 1.807) is 26.0 Å². The van der Waals surface area contributed by atoms with E-state index >= 15 is 0 Å². The first-order valence-electron chi connectivity index (χ1n) is 7.58. The van der Waals surface area contributed by atoms with Crippen LogP contribution in [0.15, 0.2) is 41.3 Å². The molecule has 0 aliphatic carbocycles. The van der Waals surface area contributed by atoms with E-state index in [4.69, 9.17) is 0 Å². The van der Waals surface area contributed by atoms with E-state index in [1.165, 1.54) is 6.07 Å².